The molecule has 0 amide bonds. The second-order valence-electron chi connectivity index (χ2n) is 13.3. The maximum absolute atomic E-state index is 12.4. The first kappa shape index (κ1) is 43.9. The molecule has 3 N–H and O–H groups in total. The molecule has 0 radical (unpaired) electrons. The molecular weight excluding hydrogens is 777 g/mol. The number of ether oxygens (including phenoxy) is 4. The molecule has 5 rings (SSSR count). The molecule has 0 aliphatic heterocycles. The summed E-state index contributed by atoms with van der Waals surface area (Å²) in [5.41, 5.74) is 5.76. The summed E-state index contributed by atoms with van der Waals surface area (Å²) in [5.74, 6) is 0.298. The molecule has 0 saturated heterocycles. The number of thiazole rings is 1. The topological polar surface area (TPSA) is 215 Å². The van der Waals surface area contributed by atoms with Crippen LogP contribution in [0.1, 0.15) is 48.9 Å². The number of carbonyl (C=O) groups excluding carboxylic acids is 2. The van der Waals surface area contributed by atoms with Crippen molar-refractivity contribution in [2.45, 2.75) is 47.5 Å². The molecule has 0 aliphatic carbocycles. The molecule has 0 saturated carbocycles. The third-order valence-electron chi connectivity index (χ3n) is 8.66. The van der Waals surface area contributed by atoms with Gasteiger partial charge in [-0.15, -0.1) is 15.3 Å². The van der Waals surface area contributed by atoms with Crippen molar-refractivity contribution in [3.8, 4) is 11.2 Å². The summed E-state index contributed by atoms with van der Waals surface area (Å²) in [6, 6.07) is 11.7. The van der Waals surface area contributed by atoms with Crippen LogP contribution in [0, 0.1) is 32.1 Å². The zero-order valence-corrected chi connectivity index (χ0v) is 35.2. The van der Waals surface area contributed by atoms with Crippen LogP contribution in [-0.2, 0) is 28.5 Å². The number of anilines is 5. The van der Waals surface area contributed by atoms with E-state index in [1.54, 1.807) is 45.1 Å². The van der Waals surface area contributed by atoms with Gasteiger partial charge in [0.2, 0.25) is 16.9 Å². The summed E-state index contributed by atoms with van der Waals surface area (Å²) in [5, 5.41) is 34.5. The summed E-state index contributed by atoms with van der Waals surface area (Å²) in [6.45, 7) is 11.9. The molecular formula is C40H50N12O6S. The molecule has 0 atom stereocenters. The highest BCUT2D eigenvalue weighted by Gasteiger charge is 2.21. The fourth-order valence-corrected chi connectivity index (χ4v) is 6.97. The van der Waals surface area contributed by atoms with E-state index in [4.69, 9.17) is 33.9 Å². The number of hydrogen-bond acceptors (Lipinski definition) is 18. The third kappa shape index (κ3) is 11.9. The van der Waals surface area contributed by atoms with E-state index in [1.807, 2.05) is 26.8 Å². The van der Waals surface area contributed by atoms with Gasteiger partial charge >= 0.3 is 11.9 Å². The molecule has 59 heavy (non-hydrogen) atoms. The highest BCUT2D eigenvalue weighted by atomic mass is 32.1. The number of aromatic nitrogens is 5. The van der Waals surface area contributed by atoms with Crippen molar-refractivity contribution < 1.29 is 28.5 Å². The van der Waals surface area contributed by atoms with Crippen molar-refractivity contribution in [3.05, 3.63) is 58.8 Å². The number of methoxy groups -OCH3 is 2. The van der Waals surface area contributed by atoms with Crippen molar-refractivity contribution >= 4 is 74.0 Å². The normalized spacial score (nSPS) is 11.2. The van der Waals surface area contributed by atoms with Gasteiger partial charge in [-0.2, -0.15) is 15.2 Å². The van der Waals surface area contributed by atoms with Gasteiger partial charge in [0.15, 0.2) is 17.3 Å². The summed E-state index contributed by atoms with van der Waals surface area (Å²) in [7, 11) is 3.30. The molecule has 0 spiro atoms. The first-order valence-electron chi connectivity index (χ1n) is 19.2. The zero-order chi connectivity index (χ0) is 42.3. The van der Waals surface area contributed by atoms with Crippen LogP contribution >= 0.6 is 11.3 Å². The molecule has 2 aromatic carbocycles. The standard InChI is InChI=1S/C40H50N12O6S/c1-8-57-32(53)23-51(24-33(54)58-9-2)29-12-13-30-31(20-29)59-40(44-30)52-22-28(21-41)36(50-52)49-48-35-37(42-14-10-16-55-6)46-39(43-15-11-17-56-7)47-38(35)45-34-26(4)18-25(3)19-27(34)5/h12-13,18-20,22H,8-11,14-17,23-24H2,1-7H3,(H3,42,43,45,46,47). The minimum absolute atomic E-state index is 0.0586. The maximum Gasteiger partial charge on any atom is 0.325 e. The molecule has 5 aromatic rings. The van der Waals surface area contributed by atoms with Crippen LogP contribution in [0.4, 0.5) is 40.5 Å². The van der Waals surface area contributed by atoms with Gasteiger partial charge in [-0.1, -0.05) is 29.0 Å². The minimum Gasteiger partial charge on any atom is -0.465 e. The Morgan fingerprint density at radius 2 is 1.53 bits per heavy atom. The van der Waals surface area contributed by atoms with Crippen molar-refractivity contribution in [3.63, 3.8) is 0 Å². The summed E-state index contributed by atoms with van der Waals surface area (Å²) < 4.78 is 23.0. The zero-order valence-electron chi connectivity index (χ0n) is 34.4. The fourth-order valence-electron chi connectivity index (χ4n) is 6.05. The van der Waals surface area contributed by atoms with E-state index < -0.39 is 11.9 Å². The summed E-state index contributed by atoms with van der Waals surface area (Å²) in [4.78, 5) is 40.8. The summed E-state index contributed by atoms with van der Waals surface area (Å²) in [6.07, 6.45) is 2.98. The van der Waals surface area contributed by atoms with E-state index in [-0.39, 0.29) is 37.7 Å². The Kier molecular flexibility index (Phi) is 16.0. The van der Waals surface area contributed by atoms with Crippen molar-refractivity contribution in [2.24, 2.45) is 10.2 Å². The van der Waals surface area contributed by atoms with E-state index in [0.29, 0.717) is 72.3 Å². The Hall–Kier alpha value is -6.23. The van der Waals surface area contributed by atoms with Gasteiger partial charge in [0.1, 0.15) is 24.7 Å². The number of benzene rings is 2. The highest BCUT2D eigenvalue weighted by Crippen LogP contribution is 2.38. The lowest BCUT2D eigenvalue weighted by Gasteiger charge is -2.22. The smallest absolute Gasteiger partial charge is 0.325 e. The van der Waals surface area contributed by atoms with Crippen LogP contribution in [0.25, 0.3) is 15.3 Å². The molecule has 3 aromatic heterocycles. The second kappa shape index (κ2) is 21.5. The Labute approximate surface area is 347 Å². The van der Waals surface area contributed by atoms with Crippen molar-refractivity contribution in [1.29, 1.82) is 5.26 Å². The molecule has 19 heteroatoms. The lowest BCUT2D eigenvalue weighted by molar-refractivity contribution is -0.142. The fraction of sp³-hybridized carbons (Fsp3) is 0.425. The SMILES string of the molecule is CCOC(=O)CN(CC(=O)OCC)c1ccc2nc(-n3cc(C#N)c(N=Nc4c(NCCCOC)nc(NCCCOC)nc4Nc4c(C)cc(C)cc4C)n3)sc2c1. The quantitative estimate of drug-likeness (QED) is 0.0362. The van der Waals surface area contributed by atoms with E-state index in [2.05, 4.69) is 49.5 Å². The molecule has 0 unspecified atom stereocenters. The largest absolute Gasteiger partial charge is 0.465 e. The average molecular weight is 827 g/mol. The number of nitrogens with zero attached hydrogens (tertiary/aromatic N) is 9. The molecule has 0 bridgehead atoms. The Bertz CT molecular complexity index is 2260. The van der Waals surface area contributed by atoms with Gasteiger partial charge in [0, 0.05) is 51.9 Å². The lowest BCUT2D eigenvalue weighted by atomic mass is 10.1. The molecule has 312 valence electrons. The monoisotopic (exact) mass is 826 g/mol. The Balaban J connectivity index is 1.52. The maximum atomic E-state index is 12.4. The van der Waals surface area contributed by atoms with E-state index in [1.165, 1.54) is 22.2 Å². The second-order valence-corrected chi connectivity index (χ2v) is 14.3. The molecule has 18 nitrogen and oxygen atoms in total. The van der Waals surface area contributed by atoms with Gasteiger partial charge in [-0.25, -0.2) is 9.67 Å². The van der Waals surface area contributed by atoms with Gasteiger partial charge in [0.05, 0.1) is 29.6 Å². The number of fused-ring (bicyclic) bond motifs is 1. The van der Waals surface area contributed by atoms with Crippen LogP contribution in [0.2, 0.25) is 0 Å². The number of esters is 2. The first-order valence-corrected chi connectivity index (χ1v) is 20.0. The predicted octanol–water partition coefficient (Wildman–Crippen LogP) is 7.06. The number of hydrogen-bond donors (Lipinski definition) is 3. The number of carbonyl (C=O) groups is 2. The molecule has 0 fully saturated rings. The number of rotatable bonds is 22. The van der Waals surface area contributed by atoms with Gasteiger partial charge in [0.25, 0.3) is 0 Å². The van der Waals surface area contributed by atoms with Crippen LogP contribution < -0.4 is 20.9 Å². The van der Waals surface area contributed by atoms with E-state index in [9.17, 15) is 14.9 Å². The van der Waals surface area contributed by atoms with Crippen molar-refractivity contribution in [2.75, 3.05) is 87.7 Å². The number of nitriles is 1. The predicted molar refractivity (Wildman–Crippen MR) is 227 cm³/mol. The van der Waals surface area contributed by atoms with Gasteiger partial charge in [-0.05, 0) is 76.8 Å². The van der Waals surface area contributed by atoms with Crippen LogP contribution in [-0.4, -0.2) is 103 Å². The highest BCUT2D eigenvalue weighted by molar-refractivity contribution is 7.20. The lowest BCUT2D eigenvalue weighted by Crippen LogP contribution is -2.36. The number of aryl methyl sites for hydroxylation is 3. The Morgan fingerprint density at radius 1 is 0.881 bits per heavy atom. The van der Waals surface area contributed by atoms with Crippen LogP contribution in [0.5, 0.6) is 0 Å². The number of azo groups is 1. The van der Waals surface area contributed by atoms with Crippen LogP contribution in [0.3, 0.4) is 0 Å². The van der Waals surface area contributed by atoms with E-state index in [0.717, 1.165) is 33.5 Å². The van der Waals surface area contributed by atoms with E-state index >= 15 is 0 Å². The van der Waals surface area contributed by atoms with Gasteiger partial charge < -0.3 is 39.8 Å². The van der Waals surface area contributed by atoms with Crippen molar-refractivity contribution in [1.82, 2.24) is 24.7 Å². The number of nitrogens with one attached hydrogen (secondary N) is 3. The Morgan fingerprint density at radius 3 is 2.15 bits per heavy atom. The average Bonchev–Trinajstić information content (AvgIpc) is 3.83. The first-order chi connectivity index (χ1) is 28.6. The summed E-state index contributed by atoms with van der Waals surface area (Å²) >= 11 is 1.30. The van der Waals surface area contributed by atoms with Crippen LogP contribution in [0.15, 0.2) is 46.8 Å². The molecule has 0 aliphatic rings. The third-order valence-corrected chi connectivity index (χ3v) is 9.67. The molecule has 3 heterocycles. The van der Waals surface area contributed by atoms with Gasteiger partial charge in [-0.3, -0.25) is 9.59 Å². The minimum atomic E-state index is -0.474.